The number of hydrogen-bond acceptors (Lipinski definition) is 5. The molecular formula is C18H19N7. The predicted molar refractivity (Wildman–Crippen MR) is 94.7 cm³/mol. The molecule has 4 rings (SSSR count). The van der Waals surface area contributed by atoms with Gasteiger partial charge in [-0.3, -0.25) is 10.00 Å². The van der Waals surface area contributed by atoms with Crippen molar-refractivity contribution in [2.45, 2.75) is 19.5 Å². The van der Waals surface area contributed by atoms with Crippen LogP contribution >= 0.6 is 0 Å². The molecule has 7 heteroatoms. The minimum Gasteiger partial charge on any atom is -0.291 e. The van der Waals surface area contributed by atoms with Crippen LogP contribution in [-0.4, -0.2) is 41.7 Å². The summed E-state index contributed by atoms with van der Waals surface area (Å²) in [5.41, 5.74) is 3.11. The highest BCUT2D eigenvalue weighted by Crippen LogP contribution is 2.23. The zero-order valence-corrected chi connectivity index (χ0v) is 14.2. The van der Waals surface area contributed by atoms with Gasteiger partial charge in [0.2, 0.25) is 0 Å². The number of benzene rings is 1. The Hall–Kier alpha value is -3.06. The molecule has 0 fully saturated rings. The average molecular weight is 333 g/mol. The molecule has 1 N–H and O–H groups in total. The zero-order valence-electron chi connectivity index (χ0n) is 14.2. The molecule has 3 aromatic heterocycles. The van der Waals surface area contributed by atoms with Gasteiger partial charge in [-0.2, -0.15) is 10.1 Å². The normalized spacial score (nSPS) is 12.8. The first-order valence-electron chi connectivity index (χ1n) is 8.18. The second-order valence-corrected chi connectivity index (χ2v) is 6.06. The Morgan fingerprint density at radius 3 is 2.84 bits per heavy atom. The van der Waals surface area contributed by atoms with Crippen LogP contribution in [0.4, 0.5) is 0 Å². The number of rotatable bonds is 5. The van der Waals surface area contributed by atoms with Crippen LogP contribution in [-0.2, 0) is 6.54 Å². The van der Waals surface area contributed by atoms with E-state index in [0.29, 0.717) is 12.3 Å². The van der Waals surface area contributed by atoms with Gasteiger partial charge in [0.25, 0.3) is 5.78 Å². The van der Waals surface area contributed by atoms with E-state index in [2.05, 4.69) is 55.3 Å². The van der Waals surface area contributed by atoms with E-state index in [9.17, 15) is 0 Å². The molecule has 0 unspecified atom stereocenters. The van der Waals surface area contributed by atoms with Gasteiger partial charge in [-0.15, -0.1) is 5.10 Å². The third-order valence-electron chi connectivity index (χ3n) is 4.33. The highest BCUT2D eigenvalue weighted by molar-refractivity contribution is 5.59. The second kappa shape index (κ2) is 6.45. The van der Waals surface area contributed by atoms with Crippen LogP contribution in [0.3, 0.4) is 0 Å². The van der Waals surface area contributed by atoms with Crippen LogP contribution in [0.25, 0.3) is 17.0 Å². The average Bonchev–Trinajstić information content (AvgIpc) is 3.28. The molecule has 0 aliphatic carbocycles. The van der Waals surface area contributed by atoms with Crippen LogP contribution in [0.15, 0.2) is 54.9 Å². The van der Waals surface area contributed by atoms with Crippen molar-refractivity contribution in [2.75, 3.05) is 7.05 Å². The van der Waals surface area contributed by atoms with Crippen LogP contribution in [0.1, 0.15) is 24.5 Å². The fourth-order valence-corrected chi connectivity index (χ4v) is 2.75. The molecule has 0 amide bonds. The van der Waals surface area contributed by atoms with Crippen molar-refractivity contribution < 1.29 is 0 Å². The number of hydrogen-bond donors (Lipinski definition) is 1. The topological polar surface area (TPSA) is 75.0 Å². The van der Waals surface area contributed by atoms with Crippen LogP contribution in [0.5, 0.6) is 0 Å². The van der Waals surface area contributed by atoms with Gasteiger partial charge < -0.3 is 0 Å². The predicted octanol–water partition coefficient (Wildman–Crippen LogP) is 2.71. The molecule has 25 heavy (non-hydrogen) atoms. The van der Waals surface area contributed by atoms with E-state index in [1.807, 2.05) is 37.5 Å². The summed E-state index contributed by atoms with van der Waals surface area (Å²) < 4.78 is 1.69. The van der Waals surface area contributed by atoms with Gasteiger partial charge in [-0.25, -0.2) is 9.50 Å². The maximum Gasteiger partial charge on any atom is 0.252 e. The summed E-state index contributed by atoms with van der Waals surface area (Å²) in [6.07, 6.45) is 3.57. The third kappa shape index (κ3) is 3.14. The Labute approximate surface area is 145 Å². The summed E-state index contributed by atoms with van der Waals surface area (Å²) in [4.78, 5) is 10.8. The van der Waals surface area contributed by atoms with Crippen molar-refractivity contribution in [3.8, 4) is 11.3 Å². The van der Waals surface area contributed by atoms with E-state index in [-0.39, 0.29) is 6.04 Å². The summed E-state index contributed by atoms with van der Waals surface area (Å²) in [6.45, 7) is 2.76. The Bertz CT molecular complexity index is 940. The lowest BCUT2D eigenvalue weighted by Gasteiger charge is -2.21. The lowest BCUT2D eigenvalue weighted by atomic mass is 10.1. The van der Waals surface area contributed by atoms with Crippen molar-refractivity contribution in [3.05, 3.63) is 66.4 Å². The van der Waals surface area contributed by atoms with Crippen molar-refractivity contribution in [2.24, 2.45) is 0 Å². The van der Waals surface area contributed by atoms with Gasteiger partial charge in [0, 0.05) is 24.0 Å². The van der Waals surface area contributed by atoms with Crippen molar-refractivity contribution >= 4 is 5.78 Å². The lowest BCUT2D eigenvalue weighted by molar-refractivity contribution is 0.242. The van der Waals surface area contributed by atoms with E-state index in [0.717, 1.165) is 22.8 Å². The largest absolute Gasteiger partial charge is 0.291 e. The fourth-order valence-electron chi connectivity index (χ4n) is 2.75. The second-order valence-electron chi connectivity index (χ2n) is 6.06. The van der Waals surface area contributed by atoms with Gasteiger partial charge in [-0.05, 0) is 26.1 Å². The maximum atomic E-state index is 4.46. The van der Waals surface area contributed by atoms with E-state index >= 15 is 0 Å². The molecule has 3 heterocycles. The summed E-state index contributed by atoms with van der Waals surface area (Å²) in [6, 6.07) is 14.2. The van der Waals surface area contributed by atoms with E-state index in [1.165, 1.54) is 0 Å². The molecule has 126 valence electrons. The zero-order chi connectivity index (χ0) is 17.2. The summed E-state index contributed by atoms with van der Waals surface area (Å²) in [5.74, 6) is 1.36. The van der Waals surface area contributed by atoms with Crippen LogP contribution in [0.2, 0.25) is 0 Å². The first-order valence-corrected chi connectivity index (χ1v) is 8.18. The minimum atomic E-state index is 0.157. The highest BCUT2D eigenvalue weighted by Gasteiger charge is 2.17. The maximum absolute atomic E-state index is 4.46. The molecule has 0 aliphatic heterocycles. The first-order chi connectivity index (χ1) is 12.2. The van der Waals surface area contributed by atoms with Gasteiger partial charge in [-0.1, -0.05) is 30.3 Å². The smallest absolute Gasteiger partial charge is 0.252 e. The summed E-state index contributed by atoms with van der Waals surface area (Å²) in [7, 11) is 2.05. The van der Waals surface area contributed by atoms with Crippen LogP contribution < -0.4 is 0 Å². The first kappa shape index (κ1) is 15.5. The van der Waals surface area contributed by atoms with E-state index in [4.69, 9.17) is 0 Å². The number of nitrogens with zero attached hydrogens (tertiary/aromatic N) is 6. The van der Waals surface area contributed by atoms with E-state index in [1.54, 1.807) is 10.7 Å². The van der Waals surface area contributed by atoms with Crippen molar-refractivity contribution in [1.82, 2.24) is 34.7 Å². The Morgan fingerprint density at radius 1 is 1.20 bits per heavy atom. The Balaban J connectivity index is 1.50. The van der Waals surface area contributed by atoms with Gasteiger partial charge >= 0.3 is 0 Å². The molecule has 0 spiro atoms. The van der Waals surface area contributed by atoms with E-state index < -0.39 is 0 Å². The Morgan fingerprint density at radius 2 is 2.04 bits per heavy atom. The lowest BCUT2D eigenvalue weighted by Crippen LogP contribution is -2.23. The molecule has 0 aliphatic rings. The molecular weight excluding hydrogens is 314 g/mol. The van der Waals surface area contributed by atoms with Gasteiger partial charge in [0.1, 0.15) is 0 Å². The SMILES string of the molecule is C[C@@H](c1cc(-c2ccccc2)n[nH]1)N(C)Cc1nc2ncccn2n1. The molecule has 0 saturated heterocycles. The number of nitrogens with one attached hydrogen (secondary N) is 1. The molecule has 0 radical (unpaired) electrons. The van der Waals surface area contributed by atoms with Crippen LogP contribution in [0, 0.1) is 0 Å². The van der Waals surface area contributed by atoms with Gasteiger partial charge in [0.05, 0.1) is 17.9 Å². The minimum absolute atomic E-state index is 0.157. The standard InChI is InChI=1S/C18H19N7/c1-13(15-11-16(22-21-15)14-7-4-3-5-8-14)24(2)12-17-20-18-19-9-6-10-25(18)23-17/h3-11,13H,12H2,1-2H3,(H,21,22)/t13-/m0/s1. The summed E-state index contributed by atoms with van der Waals surface area (Å²) in [5, 5.41) is 12.0. The monoisotopic (exact) mass is 333 g/mol. The van der Waals surface area contributed by atoms with Gasteiger partial charge in [0.15, 0.2) is 5.82 Å². The third-order valence-corrected chi connectivity index (χ3v) is 4.33. The molecule has 4 aromatic rings. The molecule has 1 atom stereocenters. The quantitative estimate of drug-likeness (QED) is 0.608. The van der Waals surface area contributed by atoms with Crippen molar-refractivity contribution in [3.63, 3.8) is 0 Å². The molecule has 7 nitrogen and oxygen atoms in total. The number of H-pyrrole nitrogens is 1. The number of aromatic nitrogens is 6. The number of fused-ring (bicyclic) bond motifs is 1. The fraction of sp³-hybridized carbons (Fsp3) is 0.222. The van der Waals surface area contributed by atoms with Crippen molar-refractivity contribution in [1.29, 1.82) is 0 Å². The highest BCUT2D eigenvalue weighted by atomic mass is 15.3. The number of aromatic amines is 1. The Kier molecular flexibility index (Phi) is 3.99. The molecule has 1 aromatic carbocycles. The molecule has 0 saturated carbocycles. The summed E-state index contributed by atoms with van der Waals surface area (Å²) >= 11 is 0. The molecule has 0 bridgehead atoms.